The van der Waals surface area contributed by atoms with Gasteiger partial charge in [0.2, 0.25) is 0 Å². The normalized spacial score (nSPS) is 16.0. The van der Waals surface area contributed by atoms with Crippen LogP contribution in [-0.4, -0.2) is 43.8 Å². The molecular weight excluding hydrogens is 471 g/mol. The van der Waals surface area contributed by atoms with E-state index in [-0.39, 0.29) is 5.91 Å². The molecule has 0 radical (unpaired) electrons. The zero-order valence-corrected chi connectivity index (χ0v) is 19.5. The highest BCUT2D eigenvalue weighted by Crippen LogP contribution is 2.31. The number of anilines is 2. The summed E-state index contributed by atoms with van der Waals surface area (Å²) < 4.78 is 27.7. The molecule has 0 spiro atoms. The second-order valence-electron chi connectivity index (χ2n) is 7.31. The molecule has 32 heavy (non-hydrogen) atoms. The number of benzene rings is 2. The average molecular weight is 491 g/mol. The van der Waals surface area contributed by atoms with Crippen molar-refractivity contribution in [3.05, 3.63) is 76.4 Å². The minimum absolute atomic E-state index is 0.331. The van der Waals surface area contributed by atoms with Crippen LogP contribution in [0.15, 0.2) is 60.8 Å². The van der Waals surface area contributed by atoms with Gasteiger partial charge in [-0.15, -0.1) is 0 Å². The Kier molecular flexibility index (Phi) is 6.39. The van der Waals surface area contributed by atoms with E-state index in [2.05, 4.69) is 10.3 Å². The van der Waals surface area contributed by atoms with E-state index < -0.39 is 10.2 Å². The van der Waals surface area contributed by atoms with Crippen molar-refractivity contribution in [1.29, 1.82) is 0 Å². The van der Waals surface area contributed by atoms with Crippen molar-refractivity contribution in [3.63, 3.8) is 0 Å². The molecule has 7 nitrogen and oxygen atoms in total. The van der Waals surface area contributed by atoms with Crippen LogP contribution < -0.4 is 9.62 Å². The minimum Gasteiger partial charge on any atom is -0.322 e. The summed E-state index contributed by atoms with van der Waals surface area (Å²) in [5.41, 5.74) is 2.70. The van der Waals surface area contributed by atoms with Crippen molar-refractivity contribution >= 4 is 50.7 Å². The molecule has 166 valence electrons. The Morgan fingerprint density at radius 1 is 1.03 bits per heavy atom. The summed E-state index contributed by atoms with van der Waals surface area (Å²) in [4.78, 5) is 17.0. The summed E-state index contributed by atoms with van der Waals surface area (Å²) in [5, 5.41) is 3.85. The first-order chi connectivity index (χ1) is 15.3. The quantitative estimate of drug-likeness (QED) is 0.574. The maximum Gasteiger partial charge on any atom is 0.303 e. The van der Waals surface area contributed by atoms with Crippen LogP contribution in [0.3, 0.4) is 0 Å². The van der Waals surface area contributed by atoms with Gasteiger partial charge in [0.05, 0.1) is 16.4 Å². The van der Waals surface area contributed by atoms with Gasteiger partial charge in [0, 0.05) is 48.2 Å². The lowest BCUT2D eigenvalue weighted by Crippen LogP contribution is -2.47. The molecule has 2 aromatic carbocycles. The van der Waals surface area contributed by atoms with Crippen LogP contribution in [0.25, 0.3) is 11.3 Å². The third-order valence-corrected chi connectivity index (χ3v) is 7.63. The number of nitrogens with one attached hydrogen (secondary N) is 1. The van der Waals surface area contributed by atoms with Gasteiger partial charge < -0.3 is 5.32 Å². The lowest BCUT2D eigenvalue weighted by molar-refractivity contribution is 0.102. The Labute approximate surface area is 196 Å². The number of carbonyl (C=O) groups is 1. The van der Waals surface area contributed by atoms with E-state index in [1.165, 1.54) is 8.61 Å². The topological polar surface area (TPSA) is 82.6 Å². The van der Waals surface area contributed by atoms with Crippen LogP contribution in [0.4, 0.5) is 11.4 Å². The molecule has 0 saturated carbocycles. The number of rotatable bonds is 4. The fraction of sp³-hybridized carbons (Fsp3) is 0.182. The van der Waals surface area contributed by atoms with Crippen molar-refractivity contribution in [3.8, 4) is 11.3 Å². The van der Waals surface area contributed by atoms with Gasteiger partial charge in [-0.3, -0.25) is 14.1 Å². The van der Waals surface area contributed by atoms with Crippen LogP contribution in [-0.2, 0) is 10.2 Å². The van der Waals surface area contributed by atoms with Crippen molar-refractivity contribution in [1.82, 2.24) is 9.29 Å². The highest BCUT2D eigenvalue weighted by molar-refractivity contribution is 7.90. The summed E-state index contributed by atoms with van der Waals surface area (Å²) >= 11 is 12.4. The number of nitrogens with zero attached hydrogens (tertiary/aromatic N) is 3. The van der Waals surface area contributed by atoms with E-state index >= 15 is 0 Å². The Bertz CT molecular complexity index is 1270. The molecule has 0 bridgehead atoms. The molecule has 1 fully saturated rings. The molecule has 1 N–H and O–H groups in total. The largest absolute Gasteiger partial charge is 0.322 e. The molecule has 1 amide bonds. The number of aromatic nitrogens is 1. The molecule has 1 aliphatic heterocycles. The SMILES string of the molecule is CN1CCCN(c2ccc(C(=O)Nc3ccc(Cl)c(-c4cc(Cl)ccn4)c3)cc2)S1(=O)=O. The number of hydrogen-bond donors (Lipinski definition) is 1. The predicted molar refractivity (Wildman–Crippen MR) is 128 cm³/mol. The average Bonchev–Trinajstić information content (AvgIpc) is 2.77. The van der Waals surface area contributed by atoms with Crippen molar-refractivity contribution in [2.75, 3.05) is 29.8 Å². The van der Waals surface area contributed by atoms with Crippen LogP contribution in [0.2, 0.25) is 10.0 Å². The minimum atomic E-state index is -3.54. The maximum absolute atomic E-state index is 12.7. The number of amides is 1. The van der Waals surface area contributed by atoms with Gasteiger partial charge in [-0.2, -0.15) is 12.7 Å². The Balaban J connectivity index is 1.53. The third kappa shape index (κ3) is 4.59. The fourth-order valence-electron chi connectivity index (χ4n) is 3.43. The first-order valence-corrected chi connectivity index (χ1v) is 12.0. The van der Waals surface area contributed by atoms with Gasteiger partial charge >= 0.3 is 10.2 Å². The van der Waals surface area contributed by atoms with E-state index in [1.807, 2.05) is 0 Å². The highest BCUT2D eigenvalue weighted by atomic mass is 35.5. The number of pyridine rings is 1. The van der Waals surface area contributed by atoms with Crippen molar-refractivity contribution in [2.24, 2.45) is 0 Å². The maximum atomic E-state index is 12.7. The molecular formula is C22H20Cl2N4O3S. The zero-order chi connectivity index (χ0) is 22.9. The van der Waals surface area contributed by atoms with Gasteiger partial charge in [0.15, 0.2) is 0 Å². The summed E-state index contributed by atoms with van der Waals surface area (Å²) in [6, 6.07) is 14.9. The van der Waals surface area contributed by atoms with Crippen LogP contribution >= 0.6 is 23.2 Å². The second kappa shape index (κ2) is 9.07. The van der Waals surface area contributed by atoms with E-state index in [9.17, 15) is 13.2 Å². The van der Waals surface area contributed by atoms with Gasteiger partial charge in [-0.1, -0.05) is 23.2 Å². The molecule has 4 rings (SSSR count). The Morgan fingerprint density at radius 2 is 1.78 bits per heavy atom. The van der Waals surface area contributed by atoms with Gasteiger partial charge in [0.1, 0.15) is 0 Å². The number of carbonyl (C=O) groups excluding carboxylic acids is 1. The Hall–Kier alpha value is -2.65. The Morgan fingerprint density at radius 3 is 2.50 bits per heavy atom. The van der Waals surface area contributed by atoms with Gasteiger partial charge in [0.25, 0.3) is 5.91 Å². The number of hydrogen-bond acceptors (Lipinski definition) is 4. The monoisotopic (exact) mass is 490 g/mol. The third-order valence-electron chi connectivity index (χ3n) is 5.15. The molecule has 1 saturated heterocycles. The van der Waals surface area contributed by atoms with Crippen molar-refractivity contribution in [2.45, 2.75) is 6.42 Å². The van der Waals surface area contributed by atoms with Gasteiger partial charge in [-0.25, -0.2) is 0 Å². The lowest BCUT2D eigenvalue weighted by Gasteiger charge is -2.33. The molecule has 10 heteroatoms. The van der Waals surface area contributed by atoms with E-state index in [0.717, 1.165) is 6.42 Å². The standard InChI is InChI=1S/C22H20Cl2N4O3S/c1-27-11-2-12-28(32(27,30)31)18-6-3-15(4-7-18)22(29)26-17-5-8-20(24)19(14-17)21-13-16(23)9-10-25-21/h3-10,13-14H,2,11-12H2,1H3,(H,26,29). The first kappa shape index (κ1) is 22.5. The fourth-order valence-corrected chi connectivity index (χ4v) is 5.25. The summed E-state index contributed by atoms with van der Waals surface area (Å²) in [7, 11) is -1.98. The van der Waals surface area contributed by atoms with E-state index in [1.54, 1.807) is 67.8 Å². The summed E-state index contributed by atoms with van der Waals surface area (Å²) in [5.74, 6) is -0.331. The molecule has 0 unspecified atom stereocenters. The summed E-state index contributed by atoms with van der Waals surface area (Å²) in [6.45, 7) is 0.899. The first-order valence-electron chi connectivity index (χ1n) is 9.82. The molecule has 2 heterocycles. The van der Waals surface area contributed by atoms with Crippen LogP contribution in [0.5, 0.6) is 0 Å². The van der Waals surface area contributed by atoms with E-state index in [4.69, 9.17) is 23.2 Å². The summed E-state index contributed by atoms with van der Waals surface area (Å²) in [6.07, 6.45) is 2.32. The highest BCUT2D eigenvalue weighted by Gasteiger charge is 2.31. The predicted octanol–water partition coefficient (Wildman–Crippen LogP) is 4.69. The molecule has 3 aromatic rings. The number of halogens is 2. The van der Waals surface area contributed by atoms with Crippen molar-refractivity contribution < 1.29 is 13.2 Å². The zero-order valence-electron chi connectivity index (χ0n) is 17.1. The van der Waals surface area contributed by atoms with E-state index in [0.29, 0.717) is 51.3 Å². The van der Waals surface area contributed by atoms with Crippen LogP contribution in [0, 0.1) is 0 Å². The molecule has 0 atom stereocenters. The molecule has 1 aromatic heterocycles. The van der Waals surface area contributed by atoms with Crippen LogP contribution in [0.1, 0.15) is 16.8 Å². The molecule has 1 aliphatic rings. The molecule has 0 aliphatic carbocycles. The second-order valence-corrected chi connectivity index (χ2v) is 10.1. The smallest absolute Gasteiger partial charge is 0.303 e. The lowest BCUT2D eigenvalue weighted by atomic mass is 10.1. The van der Waals surface area contributed by atoms with Gasteiger partial charge in [-0.05, 0) is 61.0 Å².